The van der Waals surface area contributed by atoms with Crippen LogP contribution < -0.4 is 0 Å². The van der Waals surface area contributed by atoms with Crippen LogP contribution in [0.4, 0.5) is 0 Å². The molecule has 0 aliphatic carbocycles. The molecule has 0 rings (SSSR count). The second-order valence-electron chi connectivity index (χ2n) is 3.05. The van der Waals surface area contributed by atoms with Gasteiger partial charge in [0.2, 0.25) is 0 Å². The molecule has 0 radical (unpaired) electrons. The summed E-state index contributed by atoms with van der Waals surface area (Å²) in [5, 5.41) is 8.67. The van der Waals surface area contributed by atoms with Gasteiger partial charge >= 0.3 is 0 Å². The van der Waals surface area contributed by atoms with Gasteiger partial charge in [0.15, 0.2) is 0 Å². The van der Waals surface area contributed by atoms with E-state index in [1.54, 1.807) is 0 Å². The van der Waals surface area contributed by atoms with Crippen molar-refractivity contribution >= 4 is 0 Å². The number of nitriles is 1. The zero-order chi connectivity index (χ0) is 8.85. The Morgan fingerprint density at radius 3 is 2.09 bits per heavy atom. The van der Waals surface area contributed by atoms with E-state index in [9.17, 15) is 0 Å². The van der Waals surface area contributed by atoms with Gasteiger partial charge in [-0.05, 0) is 33.6 Å². The fourth-order valence-corrected chi connectivity index (χ4v) is 0.756. The number of hydrogen-bond donors (Lipinski definition) is 0. The van der Waals surface area contributed by atoms with Crippen molar-refractivity contribution in [2.75, 3.05) is 0 Å². The van der Waals surface area contributed by atoms with Gasteiger partial charge in [0.05, 0.1) is 6.07 Å². The predicted octanol–water partition coefficient (Wildman–Crippen LogP) is 3.20. The maximum atomic E-state index is 8.67. The Balaban J connectivity index is 4.05. The summed E-state index contributed by atoms with van der Waals surface area (Å²) >= 11 is 0. The van der Waals surface area contributed by atoms with Gasteiger partial charge in [0, 0.05) is 5.57 Å². The molecule has 1 heteroatoms. The average molecular weight is 149 g/mol. The first-order valence-electron chi connectivity index (χ1n) is 3.78. The van der Waals surface area contributed by atoms with E-state index in [1.165, 1.54) is 0 Å². The molecule has 0 atom stereocenters. The third-order valence-corrected chi connectivity index (χ3v) is 1.54. The molecule has 0 saturated carbocycles. The van der Waals surface area contributed by atoms with E-state index in [0.29, 0.717) is 0 Å². The third-order valence-electron chi connectivity index (χ3n) is 1.54. The summed E-state index contributed by atoms with van der Waals surface area (Å²) in [6.45, 7) is 9.71. The summed E-state index contributed by atoms with van der Waals surface area (Å²) in [5.74, 6) is 0. The smallest absolute Gasteiger partial charge is 0.0946 e. The van der Waals surface area contributed by atoms with Gasteiger partial charge < -0.3 is 0 Å². The fourth-order valence-electron chi connectivity index (χ4n) is 0.756. The lowest BCUT2D eigenvalue weighted by Crippen LogP contribution is -1.84. The molecule has 0 amide bonds. The maximum Gasteiger partial charge on any atom is 0.0946 e. The van der Waals surface area contributed by atoms with Gasteiger partial charge in [0.1, 0.15) is 0 Å². The lowest BCUT2D eigenvalue weighted by Gasteiger charge is -1.99. The van der Waals surface area contributed by atoms with Crippen molar-refractivity contribution in [2.24, 2.45) is 0 Å². The van der Waals surface area contributed by atoms with Gasteiger partial charge in [-0.25, -0.2) is 0 Å². The molecular weight excluding hydrogens is 134 g/mol. The van der Waals surface area contributed by atoms with Crippen LogP contribution in [0.1, 0.15) is 33.6 Å². The van der Waals surface area contributed by atoms with Crippen LogP contribution in [-0.2, 0) is 0 Å². The molecule has 1 nitrogen and oxygen atoms in total. The van der Waals surface area contributed by atoms with Crippen LogP contribution in [0.5, 0.6) is 0 Å². The molecule has 0 aliphatic heterocycles. The molecular formula is C10H15N. The van der Waals surface area contributed by atoms with Crippen LogP contribution >= 0.6 is 0 Å². The van der Waals surface area contributed by atoms with Crippen LogP contribution in [0.25, 0.3) is 0 Å². The molecule has 0 spiro atoms. The molecule has 0 fully saturated rings. The lowest BCUT2D eigenvalue weighted by atomic mass is 10.0. The summed E-state index contributed by atoms with van der Waals surface area (Å²) in [4.78, 5) is 0. The number of hydrogen-bond acceptors (Lipinski definition) is 1. The molecule has 0 N–H and O–H groups in total. The zero-order valence-corrected chi connectivity index (χ0v) is 7.57. The Bertz CT molecular complexity index is 212. The van der Waals surface area contributed by atoms with Gasteiger partial charge in [-0.1, -0.05) is 11.1 Å². The van der Waals surface area contributed by atoms with E-state index < -0.39 is 0 Å². The van der Waals surface area contributed by atoms with Gasteiger partial charge in [-0.3, -0.25) is 0 Å². The lowest BCUT2D eigenvalue weighted by molar-refractivity contribution is 0.938. The largest absolute Gasteiger partial charge is 0.193 e. The normalized spacial score (nSPS) is 8.55. The van der Waals surface area contributed by atoms with Gasteiger partial charge in [-0.2, -0.15) is 5.26 Å². The van der Waals surface area contributed by atoms with E-state index in [4.69, 9.17) is 5.26 Å². The van der Waals surface area contributed by atoms with Crippen LogP contribution in [0.15, 0.2) is 23.3 Å². The molecule has 0 bridgehead atoms. The molecule has 0 aromatic rings. The second kappa shape index (κ2) is 4.73. The highest BCUT2D eigenvalue weighted by Gasteiger charge is 1.97. The molecule has 0 heterocycles. The predicted molar refractivity (Wildman–Crippen MR) is 48.0 cm³/mol. The number of rotatable bonds is 3. The Morgan fingerprint density at radius 2 is 1.82 bits per heavy atom. The standard InChI is InChI=1S/C10H15N/c1-8(2)5-6-10(7-11)9(3)4/h1,5-6H2,2-4H3. The summed E-state index contributed by atoms with van der Waals surface area (Å²) < 4.78 is 0. The van der Waals surface area contributed by atoms with E-state index in [1.807, 2.05) is 20.8 Å². The van der Waals surface area contributed by atoms with Crippen LogP contribution in [0, 0.1) is 11.3 Å². The van der Waals surface area contributed by atoms with E-state index >= 15 is 0 Å². The molecule has 0 aromatic carbocycles. The van der Waals surface area contributed by atoms with Crippen LogP contribution in [-0.4, -0.2) is 0 Å². The molecule has 0 aliphatic rings. The van der Waals surface area contributed by atoms with Crippen molar-refractivity contribution in [1.82, 2.24) is 0 Å². The molecule has 60 valence electrons. The van der Waals surface area contributed by atoms with E-state index in [2.05, 4.69) is 12.6 Å². The Labute approximate surface area is 69.0 Å². The summed E-state index contributed by atoms with van der Waals surface area (Å²) in [7, 11) is 0. The molecule has 11 heavy (non-hydrogen) atoms. The van der Waals surface area contributed by atoms with Crippen molar-refractivity contribution in [3.05, 3.63) is 23.3 Å². The Morgan fingerprint density at radius 1 is 1.27 bits per heavy atom. The van der Waals surface area contributed by atoms with E-state index in [0.717, 1.165) is 29.6 Å². The van der Waals surface area contributed by atoms with Crippen molar-refractivity contribution in [3.8, 4) is 6.07 Å². The first-order chi connectivity index (χ1) is 5.07. The quantitative estimate of drug-likeness (QED) is 0.446. The highest BCUT2D eigenvalue weighted by atomic mass is 14.2. The van der Waals surface area contributed by atoms with E-state index in [-0.39, 0.29) is 0 Å². The topological polar surface area (TPSA) is 23.8 Å². The first-order valence-corrected chi connectivity index (χ1v) is 3.78. The Hall–Kier alpha value is -1.03. The number of nitrogens with zero attached hydrogens (tertiary/aromatic N) is 1. The summed E-state index contributed by atoms with van der Waals surface area (Å²) in [5.41, 5.74) is 3.15. The summed E-state index contributed by atoms with van der Waals surface area (Å²) in [6, 6.07) is 2.20. The van der Waals surface area contributed by atoms with Gasteiger partial charge in [-0.15, -0.1) is 6.58 Å². The van der Waals surface area contributed by atoms with Crippen molar-refractivity contribution in [2.45, 2.75) is 33.6 Å². The Kier molecular flexibility index (Phi) is 4.29. The second-order valence-corrected chi connectivity index (χ2v) is 3.05. The highest BCUT2D eigenvalue weighted by molar-refractivity contribution is 5.25. The van der Waals surface area contributed by atoms with Gasteiger partial charge in [0.25, 0.3) is 0 Å². The highest BCUT2D eigenvalue weighted by Crippen LogP contribution is 2.12. The molecule has 0 aromatic heterocycles. The SMILES string of the molecule is C=C(C)CCC(C#N)=C(C)C. The molecule has 0 unspecified atom stereocenters. The van der Waals surface area contributed by atoms with Crippen LogP contribution in [0.2, 0.25) is 0 Å². The summed E-state index contributed by atoms with van der Waals surface area (Å²) in [6.07, 6.45) is 1.77. The third kappa shape index (κ3) is 4.38. The van der Waals surface area contributed by atoms with Crippen molar-refractivity contribution in [3.63, 3.8) is 0 Å². The minimum absolute atomic E-state index is 0.841. The van der Waals surface area contributed by atoms with Crippen molar-refractivity contribution in [1.29, 1.82) is 5.26 Å². The minimum Gasteiger partial charge on any atom is -0.193 e. The fraction of sp³-hybridized carbons (Fsp3) is 0.500. The first kappa shape index (κ1) is 9.97. The maximum absolute atomic E-state index is 8.67. The van der Waals surface area contributed by atoms with Crippen molar-refractivity contribution < 1.29 is 0 Å². The zero-order valence-electron chi connectivity index (χ0n) is 7.57. The molecule has 0 saturated heterocycles. The minimum atomic E-state index is 0.841. The number of allylic oxidation sites excluding steroid dienone is 3. The van der Waals surface area contributed by atoms with Crippen LogP contribution in [0.3, 0.4) is 0 Å². The average Bonchev–Trinajstić information content (AvgIpc) is 1.87. The monoisotopic (exact) mass is 149 g/mol.